The molecule has 0 atom stereocenters. The maximum absolute atomic E-state index is 13.8. The highest BCUT2D eigenvalue weighted by Crippen LogP contribution is 2.41. The van der Waals surface area contributed by atoms with E-state index >= 15 is 0 Å². The predicted octanol–water partition coefficient (Wildman–Crippen LogP) is 3.85. The zero-order valence-electron chi connectivity index (χ0n) is 19.4. The topological polar surface area (TPSA) is 105 Å². The van der Waals surface area contributed by atoms with Crippen LogP contribution in [0.4, 0.5) is 26.3 Å². The average Bonchev–Trinajstić information content (AvgIpc) is 3.49. The van der Waals surface area contributed by atoms with Crippen molar-refractivity contribution >= 4 is 32.0 Å². The second-order valence-electron chi connectivity index (χ2n) is 8.74. The molecule has 0 radical (unpaired) electrons. The van der Waals surface area contributed by atoms with Crippen LogP contribution in [-0.2, 0) is 36.3 Å². The van der Waals surface area contributed by atoms with Gasteiger partial charge in [-0.05, 0) is 25.0 Å². The SMILES string of the molecule is CCS(=O)(=O)c1cc2c(nc1-c1nc3cc(C(F)(F)F)n(C4CC4)c(=O)c3n1C)nc(C(F)(F)F)n2C. The molecule has 0 aliphatic heterocycles. The van der Waals surface area contributed by atoms with Gasteiger partial charge >= 0.3 is 12.4 Å². The number of fused-ring (bicyclic) bond motifs is 2. The summed E-state index contributed by atoms with van der Waals surface area (Å²) in [5, 5.41) is 0. The fourth-order valence-corrected chi connectivity index (χ4v) is 5.36. The number of halogens is 6. The summed E-state index contributed by atoms with van der Waals surface area (Å²) in [6.07, 6.45) is -8.95. The highest BCUT2D eigenvalue weighted by atomic mass is 32.2. The van der Waals surface area contributed by atoms with Gasteiger partial charge in [0.2, 0.25) is 5.82 Å². The molecule has 1 aliphatic carbocycles. The molecule has 16 heteroatoms. The molecule has 0 amide bonds. The molecular formula is C21H18F6N6O3S. The Balaban J connectivity index is 1.87. The summed E-state index contributed by atoms with van der Waals surface area (Å²) >= 11 is 0. The summed E-state index contributed by atoms with van der Waals surface area (Å²) < 4.78 is 110. The quantitative estimate of drug-likeness (QED) is 0.359. The molecule has 9 nitrogen and oxygen atoms in total. The number of aromatic nitrogens is 6. The van der Waals surface area contributed by atoms with Gasteiger partial charge < -0.3 is 9.13 Å². The van der Waals surface area contributed by atoms with Crippen LogP contribution in [0.25, 0.3) is 33.7 Å². The van der Waals surface area contributed by atoms with Crippen molar-refractivity contribution in [1.82, 2.24) is 28.7 Å². The van der Waals surface area contributed by atoms with Crippen LogP contribution in [0, 0.1) is 0 Å². The Hall–Kier alpha value is -3.43. The van der Waals surface area contributed by atoms with E-state index in [2.05, 4.69) is 15.0 Å². The van der Waals surface area contributed by atoms with E-state index in [0.29, 0.717) is 28.0 Å². The van der Waals surface area contributed by atoms with Gasteiger partial charge in [0.1, 0.15) is 16.9 Å². The lowest BCUT2D eigenvalue weighted by Gasteiger charge is -2.15. The Kier molecular flexibility index (Phi) is 5.31. The molecule has 0 bridgehead atoms. The van der Waals surface area contributed by atoms with Crippen molar-refractivity contribution in [3.63, 3.8) is 0 Å². The van der Waals surface area contributed by atoms with E-state index in [9.17, 15) is 39.6 Å². The van der Waals surface area contributed by atoms with Gasteiger partial charge in [-0.1, -0.05) is 6.92 Å². The first-order valence-corrected chi connectivity index (χ1v) is 12.6. The van der Waals surface area contributed by atoms with E-state index in [1.807, 2.05) is 0 Å². The molecule has 5 rings (SSSR count). The Morgan fingerprint density at radius 2 is 1.62 bits per heavy atom. The fourth-order valence-electron chi connectivity index (χ4n) is 4.32. The molecule has 0 unspecified atom stereocenters. The van der Waals surface area contributed by atoms with Gasteiger partial charge in [0, 0.05) is 20.1 Å². The molecule has 4 aromatic heterocycles. The summed E-state index contributed by atoms with van der Waals surface area (Å²) in [6, 6.07) is 1.04. The monoisotopic (exact) mass is 548 g/mol. The second-order valence-corrected chi connectivity index (χ2v) is 11.0. The minimum Gasteiger partial charge on any atom is -0.322 e. The lowest BCUT2D eigenvalue weighted by molar-refractivity contribution is -0.146. The van der Waals surface area contributed by atoms with E-state index in [1.165, 1.54) is 14.0 Å². The van der Waals surface area contributed by atoms with Crippen molar-refractivity contribution in [2.45, 2.75) is 43.1 Å². The van der Waals surface area contributed by atoms with Crippen molar-refractivity contribution < 1.29 is 34.8 Å². The molecule has 0 spiro atoms. The fraction of sp³-hybridized carbons (Fsp3) is 0.429. The number of aryl methyl sites for hydroxylation is 2. The Morgan fingerprint density at radius 3 is 2.16 bits per heavy atom. The Morgan fingerprint density at radius 1 is 0.973 bits per heavy atom. The van der Waals surface area contributed by atoms with E-state index in [4.69, 9.17) is 0 Å². The van der Waals surface area contributed by atoms with Gasteiger partial charge in [-0.2, -0.15) is 26.3 Å². The standard InChI is InChI=1S/C21H18F6N6O3S/c1-4-37(35,36)12-8-11-16(30-19(31(11)2)21(25,26)27)29-14(12)17-28-10-7-13(20(22,23)24)33(9-5-6-9)18(34)15(10)32(17)3/h7-9H,4-6H2,1-3H3. The number of sulfone groups is 1. The van der Waals surface area contributed by atoms with Crippen LogP contribution in [0.3, 0.4) is 0 Å². The Labute approximate surface area is 204 Å². The highest BCUT2D eigenvalue weighted by Gasteiger charge is 2.41. The minimum absolute atomic E-state index is 0.225. The van der Waals surface area contributed by atoms with Crippen molar-refractivity contribution in [1.29, 1.82) is 0 Å². The van der Waals surface area contributed by atoms with Crippen LogP contribution in [0.5, 0.6) is 0 Å². The zero-order valence-corrected chi connectivity index (χ0v) is 20.3. The molecule has 37 heavy (non-hydrogen) atoms. The van der Waals surface area contributed by atoms with Gasteiger partial charge in [-0.3, -0.25) is 9.36 Å². The first-order valence-electron chi connectivity index (χ1n) is 10.9. The molecule has 1 aliphatic rings. The molecule has 198 valence electrons. The van der Waals surface area contributed by atoms with Gasteiger partial charge in [0.05, 0.1) is 21.7 Å². The lowest BCUT2D eigenvalue weighted by Crippen LogP contribution is -2.28. The predicted molar refractivity (Wildman–Crippen MR) is 118 cm³/mol. The van der Waals surface area contributed by atoms with E-state index < -0.39 is 67.3 Å². The van der Waals surface area contributed by atoms with Crippen LogP contribution < -0.4 is 5.56 Å². The van der Waals surface area contributed by atoms with Gasteiger partial charge in [-0.15, -0.1) is 0 Å². The maximum atomic E-state index is 13.8. The summed E-state index contributed by atoms with van der Waals surface area (Å²) in [7, 11) is -1.77. The zero-order chi connectivity index (χ0) is 27.2. The van der Waals surface area contributed by atoms with E-state index in [-0.39, 0.29) is 22.4 Å². The summed E-state index contributed by atoms with van der Waals surface area (Å²) in [6.45, 7) is 1.31. The van der Waals surface area contributed by atoms with E-state index in [1.54, 1.807) is 0 Å². The molecule has 1 fully saturated rings. The lowest BCUT2D eigenvalue weighted by atomic mass is 10.2. The molecule has 4 heterocycles. The third-order valence-electron chi connectivity index (χ3n) is 6.30. The minimum atomic E-state index is -4.86. The largest absolute Gasteiger partial charge is 0.449 e. The molecule has 0 saturated heterocycles. The van der Waals surface area contributed by atoms with Crippen LogP contribution in [-0.4, -0.2) is 42.8 Å². The summed E-state index contributed by atoms with van der Waals surface area (Å²) in [4.78, 5) is 24.3. The maximum Gasteiger partial charge on any atom is 0.449 e. The van der Waals surface area contributed by atoms with Crippen LogP contribution in [0.15, 0.2) is 21.8 Å². The van der Waals surface area contributed by atoms with Crippen molar-refractivity contribution in [3.05, 3.63) is 34.0 Å². The van der Waals surface area contributed by atoms with Crippen LogP contribution in [0.1, 0.15) is 37.3 Å². The molecule has 4 aromatic rings. The third-order valence-corrected chi connectivity index (χ3v) is 8.04. The number of alkyl halides is 6. The smallest absolute Gasteiger partial charge is 0.322 e. The number of nitrogens with zero attached hydrogens (tertiary/aromatic N) is 6. The van der Waals surface area contributed by atoms with Crippen molar-refractivity contribution in [3.8, 4) is 11.5 Å². The van der Waals surface area contributed by atoms with Crippen LogP contribution in [0.2, 0.25) is 0 Å². The van der Waals surface area contributed by atoms with Gasteiger partial charge in [-0.25, -0.2) is 23.4 Å². The van der Waals surface area contributed by atoms with E-state index in [0.717, 1.165) is 17.7 Å². The van der Waals surface area contributed by atoms with Gasteiger partial charge in [0.25, 0.3) is 5.56 Å². The number of hydrogen-bond acceptors (Lipinski definition) is 6. The molecule has 0 aromatic carbocycles. The van der Waals surface area contributed by atoms with Crippen molar-refractivity contribution in [2.24, 2.45) is 14.1 Å². The molecular weight excluding hydrogens is 530 g/mol. The average molecular weight is 548 g/mol. The number of rotatable bonds is 4. The number of imidazole rings is 2. The Bertz CT molecular complexity index is 1760. The third kappa shape index (κ3) is 3.88. The first kappa shape index (κ1) is 25.2. The molecule has 0 N–H and O–H groups in total. The summed E-state index contributed by atoms with van der Waals surface area (Å²) in [5.74, 6) is -2.07. The number of hydrogen-bond donors (Lipinski definition) is 0. The normalized spacial score (nSPS) is 15.3. The number of pyridine rings is 2. The highest BCUT2D eigenvalue weighted by molar-refractivity contribution is 7.91. The summed E-state index contributed by atoms with van der Waals surface area (Å²) in [5.41, 5.74) is -3.84. The first-order chi connectivity index (χ1) is 17.1. The van der Waals surface area contributed by atoms with Gasteiger partial charge in [0.15, 0.2) is 21.3 Å². The molecule has 1 saturated carbocycles. The van der Waals surface area contributed by atoms with Crippen molar-refractivity contribution in [2.75, 3.05) is 5.75 Å². The van der Waals surface area contributed by atoms with Crippen LogP contribution >= 0.6 is 0 Å². The second kappa shape index (κ2) is 7.79.